The average molecular weight is 582 g/mol. The normalized spacial score (nSPS) is 12.2. The Hall–Kier alpha value is -4.87. The number of fused-ring (bicyclic) bond motifs is 1. The van der Waals surface area contributed by atoms with Crippen LogP contribution in [0.25, 0.3) is 16.9 Å². The number of imidazole rings is 1. The van der Waals surface area contributed by atoms with Crippen molar-refractivity contribution >= 4 is 34.0 Å². The van der Waals surface area contributed by atoms with Crippen LogP contribution in [0.5, 0.6) is 5.75 Å². The Labute approximate surface area is 240 Å². The fourth-order valence-corrected chi connectivity index (χ4v) is 4.14. The van der Waals surface area contributed by atoms with Gasteiger partial charge in [-0.1, -0.05) is 6.58 Å². The molecule has 2 heterocycles. The molecule has 220 valence electrons. The van der Waals surface area contributed by atoms with Crippen molar-refractivity contribution in [3.05, 3.63) is 66.6 Å². The molecule has 0 fully saturated rings. The van der Waals surface area contributed by atoms with E-state index in [0.29, 0.717) is 41.1 Å². The summed E-state index contributed by atoms with van der Waals surface area (Å²) in [5, 5.41) is 25.5. The van der Waals surface area contributed by atoms with Crippen LogP contribution in [0.15, 0.2) is 55.5 Å². The third kappa shape index (κ3) is 6.54. The molecular formula is C28H30F3N9O2. The maximum atomic E-state index is 14.0. The van der Waals surface area contributed by atoms with E-state index in [-0.39, 0.29) is 17.0 Å². The quantitative estimate of drug-likeness (QED) is 0.174. The predicted molar refractivity (Wildman–Crippen MR) is 154 cm³/mol. The van der Waals surface area contributed by atoms with Crippen molar-refractivity contribution in [3.8, 4) is 17.6 Å². The summed E-state index contributed by atoms with van der Waals surface area (Å²) in [7, 11) is 7.25. The number of methoxy groups -OCH3 is 1. The Kier molecular flexibility index (Phi) is 8.84. The SMILES string of the molecule is C=CC(O)Nc1cc(Nc2ncc(C(F)(F)F)c(-n3cnc4ccc(C#N)cc43)n2)c(OC)cc1N(C)CCN(C)C. The Morgan fingerprint density at radius 1 is 1.17 bits per heavy atom. The van der Waals surface area contributed by atoms with Gasteiger partial charge >= 0.3 is 6.18 Å². The van der Waals surface area contributed by atoms with E-state index in [1.807, 2.05) is 37.0 Å². The lowest BCUT2D eigenvalue weighted by Crippen LogP contribution is -2.29. The summed E-state index contributed by atoms with van der Waals surface area (Å²) in [6.45, 7) is 5.00. The van der Waals surface area contributed by atoms with Crippen LogP contribution in [0.1, 0.15) is 11.1 Å². The molecule has 2 aromatic heterocycles. The third-order valence-electron chi connectivity index (χ3n) is 6.36. The fourth-order valence-electron chi connectivity index (χ4n) is 4.14. The molecule has 0 spiro atoms. The van der Waals surface area contributed by atoms with Crippen LogP contribution in [0, 0.1) is 11.3 Å². The first-order valence-corrected chi connectivity index (χ1v) is 12.7. The smallest absolute Gasteiger partial charge is 0.421 e. The minimum atomic E-state index is -4.77. The van der Waals surface area contributed by atoms with Gasteiger partial charge in [0.15, 0.2) is 5.82 Å². The van der Waals surface area contributed by atoms with Crippen LogP contribution >= 0.6 is 0 Å². The Balaban J connectivity index is 1.81. The first-order valence-electron chi connectivity index (χ1n) is 12.7. The number of alkyl halides is 3. The van der Waals surface area contributed by atoms with E-state index >= 15 is 0 Å². The molecular weight excluding hydrogens is 551 g/mol. The molecule has 1 atom stereocenters. The van der Waals surface area contributed by atoms with E-state index in [1.54, 1.807) is 18.2 Å². The van der Waals surface area contributed by atoms with Gasteiger partial charge in [-0.15, -0.1) is 0 Å². The van der Waals surface area contributed by atoms with Crippen molar-refractivity contribution < 1.29 is 23.0 Å². The molecule has 42 heavy (non-hydrogen) atoms. The van der Waals surface area contributed by atoms with Crippen molar-refractivity contribution in [3.63, 3.8) is 0 Å². The second-order valence-corrected chi connectivity index (χ2v) is 9.60. The molecule has 4 aromatic rings. The number of nitrogens with zero attached hydrogens (tertiary/aromatic N) is 7. The summed E-state index contributed by atoms with van der Waals surface area (Å²) in [4.78, 5) is 16.3. The molecule has 14 heteroatoms. The molecule has 0 saturated heterocycles. The summed E-state index contributed by atoms with van der Waals surface area (Å²) >= 11 is 0. The number of rotatable bonds is 11. The highest BCUT2D eigenvalue weighted by molar-refractivity contribution is 5.81. The van der Waals surface area contributed by atoms with Gasteiger partial charge in [0.1, 0.15) is 23.9 Å². The standard InChI is InChI=1S/C28H30F3N9O2/c1-6-25(41)35-20-12-21(24(42-5)13-22(20)39(4)10-9-38(2)3)36-27-33-15-18(28(29,30)31)26(37-27)40-16-34-19-8-7-17(14-32)11-23(19)40/h6-8,11-13,15-16,25,35,41H,1,9-10H2,2-5H3,(H,33,36,37). The second-order valence-electron chi connectivity index (χ2n) is 9.60. The number of benzene rings is 2. The van der Waals surface area contributed by atoms with Gasteiger partial charge in [-0.25, -0.2) is 9.97 Å². The van der Waals surface area contributed by atoms with Gasteiger partial charge in [-0.2, -0.15) is 23.4 Å². The number of aromatic nitrogens is 4. The predicted octanol–water partition coefficient (Wildman–Crippen LogP) is 4.37. The summed E-state index contributed by atoms with van der Waals surface area (Å²) in [6.07, 6.45) is -2.63. The van der Waals surface area contributed by atoms with E-state index < -0.39 is 23.8 Å². The highest BCUT2D eigenvalue weighted by Crippen LogP contribution is 2.39. The van der Waals surface area contributed by atoms with Gasteiger partial charge in [0, 0.05) is 32.4 Å². The third-order valence-corrected chi connectivity index (χ3v) is 6.36. The van der Waals surface area contributed by atoms with Crippen LogP contribution < -0.4 is 20.3 Å². The van der Waals surface area contributed by atoms with Gasteiger partial charge in [0.25, 0.3) is 0 Å². The molecule has 0 aliphatic rings. The Morgan fingerprint density at radius 3 is 2.57 bits per heavy atom. The second kappa shape index (κ2) is 12.3. The highest BCUT2D eigenvalue weighted by atomic mass is 19.4. The van der Waals surface area contributed by atoms with Crippen molar-refractivity contribution in [2.45, 2.75) is 12.4 Å². The zero-order valence-corrected chi connectivity index (χ0v) is 23.4. The molecule has 0 aliphatic carbocycles. The van der Waals surface area contributed by atoms with Gasteiger partial charge in [-0.3, -0.25) is 4.57 Å². The minimum Gasteiger partial charge on any atom is -0.494 e. The molecule has 0 saturated carbocycles. The number of halogens is 3. The number of hydrogen-bond acceptors (Lipinski definition) is 10. The summed E-state index contributed by atoms with van der Waals surface area (Å²) < 4.78 is 48.9. The number of ether oxygens (including phenoxy) is 1. The molecule has 0 radical (unpaired) electrons. The highest BCUT2D eigenvalue weighted by Gasteiger charge is 2.36. The first-order chi connectivity index (χ1) is 19.9. The van der Waals surface area contributed by atoms with E-state index in [4.69, 9.17) is 4.74 Å². The van der Waals surface area contributed by atoms with Crippen LogP contribution in [-0.4, -0.2) is 77.1 Å². The van der Waals surface area contributed by atoms with Crippen LogP contribution in [0.3, 0.4) is 0 Å². The van der Waals surface area contributed by atoms with Crippen molar-refractivity contribution in [1.82, 2.24) is 24.4 Å². The van der Waals surface area contributed by atoms with Crippen molar-refractivity contribution in [1.29, 1.82) is 5.26 Å². The number of likely N-dealkylation sites (N-methyl/N-ethyl adjacent to an activating group) is 2. The lowest BCUT2D eigenvalue weighted by atomic mass is 10.2. The monoisotopic (exact) mass is 581 g/mol. The van der Waals surface area contributed by atoms with Crippen LogP contribution in [0.4, 0.5) is 36.2 Å². The van der Waals surface area contributed by atoms with Gasteiger partial charge in [0.05, 0.1) is 46.8 Å². The number of anilines is 4. The lowest BCUT2D eigenvalue weighted by Gasteiger charge is -2.27. The molecule has 0 amide bonds. The summed E-state index contributed by atoms with van der Waals surface area (Å²) in [5.74, 6) is -0.271. The Morgan fingerprint density at radius 2 is 1.93 bits per heavy atom. The zero-order chi connectivity index (χ0) is 30.6. The minimum absolute atomic E-state index is 0.154. The lowest BCUT2D eigenvalue weighted by molar-refractivity contribution is -0.137. The summed E-state index contributed by atoms with van der Waals surface area (Å²) in [5.41, 5.74) is 1.37. The molecule has 0 aliphatic heterocycles. The number of nitrogens with one attached hydrogen (secondary N) is 2. The topological polar surface area (TPSA) is 127 Å². The number of aliphatic hydroxyl groups excluding tert-OH is 1. The van der Waals surface area contributed by atoms with Gasteiger partial charge in [-0.05, 0) is 44.4 Å². The molecule has 0 bridgehead atoms. The maximum Gasteiger partial charge on any atom is 0.421 e. The van der Waals surface area contributed by atoms with Crippen molar-refractivity contribution in [2.75, 3.05) is 56.9 Å². The Bertz CT molecular complexity index is 1630. The van der Waals surface area contributed by atoms with E-state index in [2.05, 4.69) is 32.2 Å². The molecule has 4 rings (SSSR count). The first kappa shape index (κ1) is 30.1. The number of aliphatic hydroxyl groups is 1. The molecule has 2 aromatic carbocycles. The summed E-state index contributed by atoms with van der Waals surface area (Å²) in [6, 6.07) is 9.86. The fraction of sp³-hybridized carbons (Fsp3) is 0.286. The largest absolute Gasteiger partial charge is 0.494 e. The number of nitriles is 1. The average Bonchev–Trinajstić information content (AvgIpc) is 3.38. The molecule has 11 nitrogen and oxygen atoms in total. The molecule has 3 N–H and O–H groups in total. The van der Waals surface area contributed by atoms with Gasteiger partial charge in [0.2, 0.25) is 5.95 Å². The van der Waals surface area contributed by atoms with Gasteiger partial charge < -0.3 is 30.3 Å². The number of hydrogen-bond donors (Lipinski definition) is 3. The zero-order valence-electron chi connectivity index (χ0n) is 23.4. The van der Waals surface area contributed by atoms with Crippen LogP contribution in [0.2, 0.25) is 0 Å². The van der Waals surface area contributed by atoms with Crippen LogP contribution in [-0.2, 0) is 6.18 Å². The van der Waals surface area contributed by atoms with E-state index in [9.17, 15) is 23.5 Å². The van der Waals surface area contributed by atoms with E-state index in [0.717, 1.165) is 6.54 Å². The maximum absolute atomic E-state index is 14.0. The van der Waals surface area contributed by atoms with Crippen molar-refractivity contribution in [2.24, 2.45) is 0 Å². The molecule has 1 unspecified atom stereocenters. The van der Waals surface area contributed by atoms with E-state index in [1.165, 1.54) is 36.2 Å².